The normalized spacial score (nSPS) is 13.4. The molecule has 0 saturated carbocycles. The topological polar surface area (TPSA) is 108 Å². The molecule has 2 atom stereocenters. The lowest BCUT2D eigenvalue weighted by molar-refractivity contribution is -0.137. The molecule has 0 heterocycles. The summed E-state index contributed by atoms with van der Waals surface area (Å²) in [6.07, 6.45) is 1.16. The number of urea groups is 1. The lowest BCUT2D eigenvalue weighted by Crippen LogP contribution is -2.50. The van der Waals surface area contributed by atoms with Crippen LogP contribution in [0.25, 0.3) is 0 Å². The molecule has 0 spiro atoms. The molecule has 0 bridgehead atoms. The Hall–Kier alpha value is -1.79. The van der Waals surface area contributed by atoms with Crippen molar-refractivity contribution < 1.29 is 19.5 Å². The number of carbonyl (C=O) groups excluding carboxylic acids is 2. The maximum Gasteiger partial charge on any atom is 0.315 e. The Bertz CT molecular complexity index is 358. The lowest BCUT2D eigenvalue weighted by Gasteiger charge is -2.18. The van der Waals surface area contributed by atoms with Gasteiger partial charge in [0.25, 0.3) is 0 Å². The highest BCUT2D eigenvalue weighted by molar-refractivity contribution is 5.86. The summed E-state index contributed by atoms with van der Waals surface area (Å²) < 4.78 is 0. The summed E-state index contributed by atoms with van der Waals surface area (Å²) >= 11 is 0. The maximum absolute atomic E-state index is 11.7. The zero-order chi connectivity index (χ0) is 16.4. The minimum atomic E-state index is -0.845. The Morgan fingerprint density at radius 1 is 1.05 bits per heavy atom. The molecule has 0 rings (SSSR count). The van der Waals surface area contributed by atoms with Crippen LogP contribution in [0.15, 0.2) is 0 Å². The first-order valence-corrected chi connectivity index (χ1v) is 7.29. The molecule has 0 aliphatic carbocycles. The van der Waals surface area contributed by atoms with Crippen molar-refractivity contribution in [3.63, 3.8) is 0 Å². The van der Waals surface area contributed by atoms with E-state index in [1.54, 1.807) is 13.8 Å². The van der Waals surface area contributed by atoms with Crippen LogP contribution in [0, 0.1) is 5.92 Å². The van der Waals surface area contributed by atoms with Gasteiger partial charge in [0.2, 0.25) is 5.91 Å². The van der Waals surface area contributed by atoms with Gasteiger partial charge < -0.3 is 21.1 Å². The van der Waals surface area contributed by atoms with E-state index >= 15 is 0 Å². The van der Waals surface area contributed by atoms with Crippen LogP contribution in [0.4, 0.5) is 4.79 Å². The third kappa shape index (κ3) is 10.6. The van der Waals surface area contributed by atoms with Gasteiger partial charge in [-0.1, -0.05) is 13.8 Å². The Labute approximate surface area is 125 Å². The SMILES string of the molecule is CC(C)CNC(=O)C(C)NC(=O)NC(C)CCCC(=O)O. The molecular formula is C14H27N3O4. The largest absolute Gasteiger partial charge is 0.481 e. The van der Waals surface area contributed by atoms with E-state index in [0.29, 0.717) is 25.3 Å². The van der Waals surface area contributed by atoms with Crippen molar-refractivity contribution in [1.82, 2.24) is 16.0 Å². The summed E-state index contributed by atoms with van der Waals surface area (Å²) in [5.41, 5.74) is 0. The van der Waals surface area contributed by atoms with Gasteiger partial charge in [-0.05, 0) is 32.6 Å². The van der Waals surface area contributed by atoms with Crippen LogP contribution in [0.5, 0.6) is 0 Å². The highest BCUT2D eigenvalue weighted by Crippen LogP contribution is 2.00. The van der Waals surface area contributed by atoms with Gasteiger partial charge in [-0.3, -0.25) is 9.59 Å². The smallest absolute Gasteiger partial charge is 0.315 e. The average molecular weight is 301 g/mol. The van der Waals surface area contributed by atoms with Crippen molar-refractivity contribution in [2.75, 3.05) is 6.54 Å². The minimum absolute atomic E-state index is 0.0850. The summed E-state index contributed by atoms with van der Waals surface area (Å²) in [5, 5.41) is 16.5. The minimum Gasteiger partial charge on any atom is -0.481 e. The van der Waals surface area contributed by atoms with E-state index in [1.807, 2.05) is 13.8 Å². The number of nitrogens with one attached hydrogen (secondary N) is 3. The van der Waals surface area contributed by atoms with E-state index < -0.39 is 18.0 Å². The van der Waals surface area contributed by atoms with Gasteiger partial charge >= 0.3 is 12.0 Å². The second kappa shape index (κ2) is 10.0. The summed E-state index contributed by atoms with van der Waals surface area (Å²) in [7, 11) is 0. The van der Waals surface area contributed by atoms with Crippen LogP contribution in [-0.4, -0.2) is 41.6 Å². The fourth-order valence-electron chi connectivity index (χ4n) is 1.62. The molecule has 3 amide bonds. The number of carboxylic acids is 1. The first-order valence-electron chi connectivity index (χ1n) is 7.29. The zero-order valence-corrected chi connectivity index (χ0v) is 13.2. The molecule has 0 aliphatic heterocycles. The van der Waals surface area contributed by atoms with Gasteiger partial charge in [-0.2, -0.15) is 0 Å². The van der Waals surface area contributed by atoms with E-state index in [9.17, 15) is 14.4 Å². The van der Waals surface area contributed by atoms with Gasteiger partial charge in [0.1, 0.15) is 6.04 Å². The third-order valence-corrected chi connectivity index (χ3v) is 2.83. The number of hydrogen-bond donors (Lipinski definition) is 4. The molecule has 122 valence electrons. The molecule has 7 heteroatoms. The molecule has 21 heavy (non-hydrogen) atoms. The third-order valence-electron chi connectivity index (χ3n) is 2.83. The van der Waals surface area contributed by atoms with E-state index in [-0.39, 0.29) is 18.4 Å². The summed E-state index contributed by atoms with van der Waals surface area (Å²) in [5.74, 6) is -0.719. The number of carboxylic acid groups (broad SMARTS) is 1. The van der Waals surface area contributed by atoms with Crippen molar-refractivity contribution in [2.45, 2.75) is 59.0 Å². The fourth-order valence-corrected chi connectivity index (χ4v) is 1.62. The summed E-state index contributed by atoms with van der Waals surface area (Å²) in [6.45, 7) is 7.96. The summed E-state index contributed by atoms with van der Waals surface area (Å²) in [4.78, 5) is 33.8. The van der Waals surface area contributed by atoms with E-state index in [4.69, 9.17) is 5.11 Å². The first-order chi connectivity index (χ1) is 9.72. The van der Waals surface area contributed by atoms with Crippen LogP contribution in [0.2, 0.25) is 0 Å². The van der Waals surface area contributed by atoms with Crippen molar-refractivity contribution in [3.8, 4) is 0 Å². The van der Waals surface area contributed by atoms with Crippen LogP contribution in [0.1, 0.15) is 47.0 Å². The fraction of sp³-hybridized carbons (Fsp3) is 0.786. The Kier molecular flexibility index (Phi) is 9.16. The number of hydrogen-bond acceptors (Lipinski definition) is 3. The van der Waals surface area contributed by atoms with Gasteiger partial charge in [0.05, 0.1) is 0 Å². The number of amides is 3. The molecule has 0 aliphatic rings. The second-order valence-corrected chi connectivity index (χ2v) is 5.67. The molecule has 0 aromatic rings. The van der Waals surface area contributed by atoms with E-state index in [1.165, 1.54) is 0 Å². The van der Waals surface area contributed by atoms with Crippen molar-refractivity contribution >= 4 is 17.9 Å². The van der Waals surface area contributed by atoms with Crippen molar-refractivity contribution in [1.29, 1.82) is 0 Å². The average Bonchev–Trinajstić information content (AvgIpc) is 2.34. The lowest BCUT2D eigenvalue weighted by atomic mass is 10.1. The highest BCUT2D eigenvalue weighted by Gasteiger charge is 2.16. The van der Waals surface area contributed by atoms with Gasteiger partial charge in [0, 0.05) is 19.0 Å². The molecule has 0 fully saturated rings. The number of carbonyl (C=O) groups is 3. The van der Waals surface area contributed by atoms with Crippen LogP contribution < -0.4 is 16.0 Å². The number of aliphatic carboxylic acids is 1. The number of rotatable bonds is 9. The van der Waals surface area contributed by atoms with Gasteiger partial charge in [0.15, 0.2) is 0 Å². The first kappa shape index (κ1) is 19.2. The van der Waals surface area contributed by atoms with Crippen LogP contribution in [0.3, 0.4) is 0 Å². The Balaban J connectivity index is 3.95. The van der Waals surface area contributed by atoms with E-state index in [2.05, 4.69) is 16.0 Å². The van der Waals surface area contributed by atoms with Crippen LogP contribution >= 0.6 is 0 Å². The highest BCUT2D eigenvalue weighted by atomic mass is 16.4. The molecule has 0 aromatic heterocycles. The predicted octanol–water partition coefficient (Wildman–Crippen LogP) is 1.09. The maximum atomic E-state index is 11.7. The predicted molar refractivity (Wildman–Crippen MR) is 79.9 cm³/mol. The molecule has 4 N–H and O–H groups in total. The van der Waals surface area contributed by atoms with Crippen molar-refractivity contribution in [3.05, 3.63) is 0 Å². The Morgan fingerprint density at radius 3 is 2.19 bits per heavy atom. The molecular weight excluding hydrogens is 274 g/mol. The van der Waals surface area contributed by atoms with Gasteiger partial charge in [-0.25, -0.2) is 4.79 Å². The van der Waals surface area contributed by atoms with Gasteiger partial charge in [-0.15, -0.1) is 0 Å². The zero-order valence-electron chi connectivity index (χ0n) is 13.2. The molecule has 7 nitrogen and oxygen atoms in total. The quantitative estimate of drug-likeness (QED) is 0.511. The monoisotopic (exact) mass is 301 g/mol. The molecule has 0 saturated heterocycles. The molecule has 0 radical (unpaired) electrons. The van der Waals surface area contributed by atoms with Crippen LogP contribution in [-0.2, 0) is 9.59 Å². The molecule has 0 aromatic carbocycles. The van der Waals surface area contributed by atoms with E-state index in [0.717, 1.165) is 0 Å². The summed E-state index contributed by atoms with van der Waals surface area (Å²) in [6, 6.07) is -1.18. The Morgan fingerprint density at radius 2 is 1.67 bits per heavy atom. The second-order valence-electron chi connectivity index (χ2n) is 5.67. The molecule has 2 unspecified atom stereocenters. The van der Waals surface area contributed by atoms with Crippen molar-refractivity contribution in [2.24, 2.45) is 5.92 Å². The standard InChI is InChI=1S/C14H27N3O4/c1-9(2)8-15-13(20)11(4)17-14(21)16-10(3)6-5-7-12(18)19/h9-11H,5-8H2,1-4H3,(H,15,20)(H,18,19)(H2,16,17,21).